The molecule has 0 bridgehead atoms. The van der Waals surface area contributed by atoms with E-state index in [0.717, 1.165) is 45.1 Å². The van der Waals surface area contributed by atoms with E-state index in [1.54, 1.807) is 0 Å². The van der Waals surface area contributed by atoms with Crippen molar-refractivity contribution in [3.8, 4) is 0 Å². The zero-order valence-corrected chi connectivity index (χ0v) is 21.3. The summed E-state index contributed by atoms with van der Waals surface area (Å²) in [4.78, 5) is 16.9. The van der Waals surface area contributed by atoms with Gasteiger partial charge in [-0.25, -0.2) is 9.97 Å². The molecule has 0 N–H and O–H groups in total. The van der Waals surface area contributed by atoms with Gasteiger partial charge in [-0.3, -0.25) is 0 Å². The number of rotatable bonds is 4. The number of aryl methyl sites for hydroxylation is 1. The van der Waals surface area contributed by atoms with Gasteiger partial charge in [-0.2, -0.15) is 0 Å². The minimum Gasteiger partial charge on any atom is -0.365 e. The van der Waals surface area contributed by atoms with Gasteiger partial charge in [-0.05, 0) is 56.1 Å². The van der Waals surface area contributed by atoms with Crippen LogP contribution in [-0.4, -0.2) is 54.1 Å². The number of hydrogen-bond donors (Lipinski definition) is 0. The maximum Gasteiger partial charge on any atom is 0.225 e. The fraction of sp³-hybridized carbons (Fsp3) is 0.448. The molecular formula is C29H37N5. The van der Waals surface area contributed by atoms with Crippen LogP contribution in [0.15, 0.2) is 54.7 Å². The molecule has 0 amide bonds. The van der Waals surface area contributed by atoms with Crippen LogP contribution in [0.25, 0.3) is 0 Å². The minimum atomic E-state index is -0.0253. The summed E-state index contributed by atoms with van der Waals surface area (Å²) in [5.41, 5.74) is 7.69. The van der Waals surface area contributed by atoms with Gasteiger partial charge in [0, 0.05) is 49.5 Å². The van der Waals surface area contributed by atoms with Crippen molar-refractivity contribution in [1.82, 2.24) is 14.9 Å². The van der Waals surface area contributed by atoms with E-state index in [9.17, 15) is 0 Å². The van der Waals surface area contributed by atoms with Crippen molar-refractivity contribution in [2.75, 3.05) is 43.0 Å². The van der Waals surface area contributed by atoms with E-state index < -0.39 is 0 Å². The fourth-order valence-corrected chi connectivity index (χ4v) is 5.12. The van der Waals surface area contributed by atoms with Gasteiger partial charge in [-0.15, -0.1) is 0 Å². The number of nitrogens with zero attached hydrogens (tertiary/aromatic N) is 5. The molecule has 0 aliphatic carbocycles. The number of likely N-dealkylation sites (N-methyl/N-ethyl adjacent to an activating group) is 1. The molecule has 178 valence electrons. The maximum absolute atomic E-state index is 5.03. The lowest BCUT2D eigenvalue weighted by Gasteiger charge is -2.38. The molecule has 2 aromatic carbocycles. The molecule has 1 aromatic heterocycles. The van der Waals surface area contributed by atoms with Crippen molar-refractivity contribution in [2.24, 2.45) is 0 Å². The Balaban J connectivity index is 1.32. The van der Waals surface area contributed by atoms with E-state index in [4.69, 9.17) is 9.97 Å². The van der Waals surface area contributed by atoms with Gasteiger partial charge in [0.2, 0.25) is 5.95 Å². The number of anilines is 2. The van der Waals surface area contributed by atoms with E-state index in [0.29, 0.717) is 6.04 Å². The first kappa shape index (κ1) is 22.9. The Morgan fingerprint density at radius 3 is 2.24 bits per heavy atom. The Morgan fingerprint density at radius 2 is 1.56 bits per heavy atom. The molecule has 2 aliphatic heterocycles. The van der Waals surface area contributed by atoms with Crippen molar-refractivity contribution >= 4 is 11.6 Å². The minimum absolute atomic E-state index is 0.0253. The molecule has 1 atom stereocenters. The summed E-state index contributed by atoms with van der Waals surface area (Å²) in [6.07, 6.45) is 3.05. The van der Waals surface area contributed by atoms with Crippen molar-refractivity contribution in [2.45, 2.75) is 52.1 Å². The van der Waals surface area contributed by atoms with E-state index in [2.05, 4.69) is 104 Å². The van der Waals surface area contributed by atoms with Gasteiger partial charge in [0.15, 0.2) is 0 Å². The summed E-state index contributed by atoms with van der Waals surface area (Å²) in [7, 11) is 2.20. The Labute approximate surface area is 204 Å². The van der Waals surface area contributed by atoms with Crippen LogP contribution < -0.4 is 9.80 Å². The second kappa shape index (κ2) is 9.03. The van der Waals surface area contributed by atoms with Crippen LogP contribution in [0.3, 0.4) is 0 Å². The lowest BCUT2D eigenvalue weighted by molar-refractivity contribution is 0.232. The maximum atomic E-state index is 5.03. The summed E-state index contributed by atoms with van der Waals surface area (Å²) < 4.78 is 0. The van der Waals surface area contributed by atoms with Crippen LogP contribution in [0.2, 0.25) is 0 Å². The standard InChI is InChI=1S/C29H37N5/c1-21-6-8-24(9-7-21)29(3,4)25-10-12-26(13-11-25)33-15-14-23-18-30-28(31-27(23)20-33)34-17-16-32(5)22(2)19-34/h6-13,18,22H,14-17,19-20H2,1-5H3. The number of benzene rings is 2. The number of piperazine rings is 1. The van der Waals surface area contributed by atoms with Crippen molar-refractivity contribution in [3.05, 3.63) is 82.7 Å². The number of fused-ring (bicyclic) bond motifs is 1. The first-order valence-electron chi connectivity index (χ1n) is 12.5. The molecule has 0 spiro atoms. The Morgan fingerprint density at radius 1 is 0.882 bits per heavy atom. The normalized spacial score (nSPS) is 19.3. The summed E-state index contributed by atoms with van der Waals surface area (Å²) in [6, 6.07) is 18.6. The van der Waals surface area contributed by atoms with Gasteiger partial charge in [0.1, 0.15) is 0 Å². The quantitative estimate of drug-likeness (QED) is 0.564. The molecule has 1 saturated heterocycles. The van der Waals surface area contributed by atoms with Gasteiger partial charge in [-0.1, -0.05) is 55.8 Å². The van der Waals surface area contributed by atoms with Crippen LogP contribution in [0.5, 0.6) is 0 Å². The van der Waals surface area contributed by atoms with Crippen LogP contribution in [0.4, 0.5) is 11.6 Å². The number of aromatic nitrogens is 2. The third-order valence-electron chi connectivity index (χ3n) is 7.90. The first-order chi connectivity index (χ1) is 16.3. The SMILES string of the molecule is Cc1ccc(C(C)(C)c2ccc(N3CCc4cnc(N5CCN(C)C(C)C5)nc4C3)cc2)cc1. The van der Waals surface area contributed by atoms with Crippen LogP contribution >= 0.6 is 0 Å². The van der Waals surface area contributed by atoms with Crippen molar-refractivity contribution in [1.29, 1.82) is 0 Å². The number of hydrogen-bond acceptors (Lipinski definition) is 5. The third kappa shape index (κ3) is 4.41. The molecule has 3 heterocycles. The molecule has 0 saturated carbocycles. The molecule has 34 heavy (non-hydrogen) atoms. The molecule has 5 nitrogen and oxygen atoms in total. The van der Waals surface area contributed by atoms with E-state index >= 15 is 0 Å². The average Bonchev–Trinajstić information content (AvgIpc) is 2.85. The highest BCUT2D eigenvalue weighted by Gasteiger charge is 2.26. The highest BCUT2D eigenvalue weighted by Crippen LogP contribution is 2.33. The van der Waals surface area contributed by atoms with Crippen LogP contribution in [-0.2, 0) is 18.4 Å². The summed E-state index contributed by atoms with van der Waals surface area (Å²) >= 11 is 0. The van der Waals surface area contributed by atoms with Crippen molar-refractivity contribution < 1.29 is 0 Å². The largest absolute Gasteiger partial charge is 0.365 e. The first-order valence-corrected chi connectivity index (χ1v) is 12.5. The highest BCUT2D eigenvalue weighted by atomic mass is 15.3. The zero-order chi connectivity index (χ0) is 23.9. The second-order valence-corrected chi connectivity index (χ2v) is 10.6. The zero-order valence-electron chi connectivity index (χ0n) is 21.3. The molecule has 5 heteroatoms. The summed E-state index contributed by atoms with van der Waals surface area (Å²) in [5.74, 6) is 0.885. The summed E-state index contributed by atoms with van der Waals surface area (Å²) in [5, 5.41) is 0. The monoisotopic (exact) mass is 455 g/mol. The molecule has 1 fully saturated rings. The molecular weight excluding hydrogens is 418 g/mol. The van der Waals surface area contributed by atoms with Gasteiger partial charge in [0.05, 0.1) is 12.2 Å². The molecule has 1 unspecified atom stereocenters. The molecule has 2 aliphatic rings. The average molecular weight is 456 g/mol. The highest BCUT2D eigenvalue weighted by molar-refractivity contribution is 5.52. The second-order valence-electron chi connectivity index (χ2n) is 10.6. The van der Waals surface area contributed by atoms with Crippen LogP contribution in [0.1, 0.15) is 48.7 Å². The Bertz CT molecular complexity index is 1140. The third-order valence-corrected chi connectivity index (χ3v) is 7.90. The lowest BCUT2D eigenvalue weighted by Crippen LogP contribution is -2.50. The molecule has 3 aromatic rings. The van der Waals surface area contributed by atoms with E-state index in [1.807, 2.05) is 0 Å². The summed E-state index contributed by atoms with van der Waals surface area (Å²) in [6.45, 7) is 13.9. The van der Waals surface area contributed by atoms with Gasteiger partial charge < -0.3 is 14.7 Å². The van der Waals surface area contributed by atoms with Crippen molar-refractivity contribution in [3.63, 3.8) is 0 Å². The lowest BCUT2D eigenvalue weighted by atomic mass is 9.78. The fourth-order valence-electron chi connectivity index (χ4n) is 5.12. The Hall–Kier alpha value is -2.92. The predicted octanol–water partition coefficient (Wildman–Crippen LogP) is 4.81. The van der Waals surface area contributed by atoms with E-state index in [-0.39, 0.29) is 5.41 Å². The van der Waals surface area contributed by atoms with Gasteiger partial charge >= 0.3 is 0 Å². The Kier molecular flexibility index (Phi) is 6.07. The molecule has 0 radical (unpaired) electrons. The topological polar surface area (TPSA) is 35.5 Å². The van der Waals surface area contributed by atoms with Crippen LogP contribution in [0, 0.1) is 6.92 Å². The predicted molar refractivity (Wildman–Crippen MR) is 141 cm³/mol. The van der Waals surface area contributed by atoms with Gasteiger partial charge in [0.25, 0.3) is 0 Å². The smallest absolute Gasteiger partial charge is 0.225 e. The molecule has 5 rings (SSSR count). The van der Waals surface area contributed by atoms with E-state index in [1.165, 1.54) is 33.6 Å².